The van der Waals surface area contributed by atoms with Gasteiger partial charge < -0.3 is 4.74 Å². The molecule has 0 radical (unpaired) electrons. The maximum Gasteiger partial charge on any atom is 0.326 e. The Kier molecular flexibility index (Phi) is 7.04. The summed E-state index contributed by atoms with van der Waals surface area (Å²) in [5, 5.41) is 0. The van der Waals surface area contributed by atoms with Gasteiger partial charge in [0.2, 0.25) is 0 Å². The lowest BCUT2D eigenvalue weighted by molar-refractivity contribution is -0.137. The van der Waals surface area contributed by atoms with Crippen LogP contribution in [0, 0.1) is 0 Å². The van der Waals surface area contributed by atoms with E-state index >= 15 is 0 Å². The third-order valence-corrected chi connectivity index (χ3v) is 12.8. The van der Waals surface area contributed by atoms with Crippen molar-refractivity contribution >= 4 is 25.6 Å². The number of esters is 1. The lowest BCUT2D eigenvalue weighted by atomic mass is 9.73. The van der Waals surface area contributed by atoms with E-state index in [1.807, 2.05) is 36.4 Å². The molecule has 42 heavy (non-hydrogen) atoms. The van der Waals surface area contributed by atoms with E-state index in [-0.39, 0.29) is 15.5 Å². The molecule has 1 heterocycles. The number of carbonyl (C=O) groups excluding carboxylic acids is 1. The van der Waals surface area contributed by atoms with Gasteiger partial charge >= 0.3 is 5.97 Å². The molecule has 6 rings (SSSR count). The van der Waals surface area contributed by atoms with Gasteiger partial charge in [0.05, 0.1) is 9.79 Å². The van der Waals surface area contributed by atoms with E-state index in [1.54, 1.807) is 54.6 Å². The summed E-state index contributed by atoms with van der Waals surface area (Å²) in [7, 11) is -9.05. The van der Waals surface area contributed by atoms with Crippen molar-refractivity contribution in [1.29, 1.82) is 0 Å². The standard InChI is InChI=1S/C34H26O6S2/c35-33-34(27-15-7-2-8-16-27,30-23-26(21-22-31(30)40-33)25-13-5-1-6-14-25)24-32(41(36,37)28-17-9-3-10-18-28)42(38,39)29-19-11-4-12-20-29/h1-23,32H,24H2/t34-/m1/s1. The van der Waals surface area contributed by atoms with Crippen LogP contribution in [0.15, 0.2) is 149 Å². The molecule has 0 aromatic heterocycles. The minimum absolute atomic E-state index is 0.151. The van der Waals surface area contributed by atoms with E-state index in [0.717, 1.165) is 11.1 Å². The minimum Gasteiger partial charge on any atom is -0.425 e. The quantitative estimate of drug-likeness (QED) is 0.156. The fourth-order valence-corrected chi connectivity index (χ4v) is 10.1. The van der Waals surface area contributed by atoms with Crippen LogP contribution in [0.1, 0.15) is 17.5 Å². The molecule has 0 saturated carbocycles. The van der Waals surface area contributed by atoms with Crippen LogP contribution in [0.5, 0.6) is 5.75 Å². The van der Waals surface area contributed by atoms with Crippen molar-refractivity contribution < 1.29 is 26.4 Å². The fourth-order valence-electron chi connectivity index (χ4n) is 5.53. The van der Waals surface area contributed by atoms with E-state index in [4.69, 9.17) is 4.74 Å². The molecule has 210 valence electrons. The van der Waals surface area contributed by atoms with Gasteiger partial charge in [-0.3, -0.25) is 4.79 Å². The molecule has 0 bridgehead atoms. The van der Waals surface area contributed by atoms with E-state index in [9.17, 15) is 21.6 Å². The highest BCUT2D eigenvalue weighted by molar-refractivity contribution is 8.09. The zero-order chi connectivity index (χ0) is 29.4. The first kappa shape index (κ1) is 27.6. The number of ether oxygens (including phenoxy) is 1. The third-order valence-electron chi connectivity index (χ3n) is 7.67. The summed E-state index contributed by atoms with van der Waals surface area (Å²) in [6.45, 7) is 0. The van der Waals surface area contributed by atoms with Gasteiger partial charge in [0.15, 0.2) is 24.3 Å². The Morgan fingerprint density at radius 2 is 1.05 bits per heavy atom. The molecule has 1 aliphatic heterocycles. The van der Waals surface area contributed by atoms with Crippen LogP contribution in [0.25, 0.3) is 11.1 Å². The normalized spacial score (nSPS) is 16.6. The zero-order valence-electron chi connectivity index (χ0n) is 22.3. The lowest BCUT2D eigenvalue weighted by Gasteiger charge is -2.31. The summed E-state index contributed by atoms with van der Waals surface area (Å²) in [6, 6.07) is 38.4. The summed E-state index contributed by atoms with van der Waals surface area (Å²) in [6.07, 6.45) is -0.588. The van der Waals surface area contributed by atoms with Gasteiger partial charge in [0.1, 0.15) is 11.2 Å². The predicted octanol–water partition coefficient (Wildman–Crippen LogP) is 6.22. The van der Waals surface area contributed by atoms with Crippen molar-refractivity contribution in [2.24, 2.45) is 0 Å². The molecule has 5 aromatic rings. The van der Waals surface area contributed by atoms with E-state index in [1.165, 1.54) is 48.5 Å². The van der Waals surface area contributed by atoms with Crippen molar-refractivity contribution in [3.05, 3.63) is 151 Å². The van der Waals surface area contributed by atoms with E-state index < -0.39 is 42.1 Å². The average Bonchev–Trinajstić information content (AvgIpc) is 3.32. The SMILES string of the molecule is O=C1Oc2ccc(-c3ccccc3)cc2[C@@]1(CC(S(=O)(=O)c1ccccc1)S(=O)(=O)c1ccccc1)c1ccccc1. The number of benzene rings is 5. The van der Waals surface area contributed by atoms with Crippen molar-refractivity contribution in [2.75, 3.05) is 0 Å². The van der Waals surface area contributed by atoms with Crippen LogP contribution in [0.2, 0.25) is 0 Å². The largest absolute Gasteiger partial charge is 0.425 e. The van der Waals surface area contributed by atoms with Crippen LogP contribution < -0.4 is 4.74 Å². The Balaban J connectivity index is 1.62. The van der Waals surface area contributed by atoms with E-state index in [2.05, 4.69) is 0 Å². The Morgan fingerprint density at radius 1 is 0.571 bits per heavy atom. The summed E-state index contributed by atoms with van der Waals surface area (Å²) < 4.78 is 60.9. The molecule has 0 saturated heterocycles. The molecular weight excluding hydrogens is 569 g/mol. The zero-order valence-corrected chi connectivity index (χ0v) is 24.0. The first-order valence-corrected chi connectivity index (χ1v) is 16.4. The third kappa shape index (κ3) is 4.62. The highest BCUT2D eigenvalue weighted by atomic mass is 32.3. The van der Waals surface area contributed by atoms with Crippen molar-refractivity contribution in [3.8, 4) is 16.9 Å². The van der Waals surface area contributed by atoms with Crippen LogP contribution in [-0.2, 0) is 29.9 Å². The number of fused-ring (bicyclic) bond motifs is 1. The minimum atomic E-state index is -4.52. The molecule has 1 atom stereocenters. The first-order chi connectivity index (χ1) is 20.2. The summed E-state index contributed by atoms with van der Waals surface area (Å²) in [5.41, 5.74) is 0.788. The maximum absolute atomic E-state index is 14.3. The number of hydrogen-bond acceptors (Lipinski definition) is 6. The molecular formula is C34H26O6S2. The highest BCUT2D eigenvalue weighted by Crippen LogP contribution is 2.50. The summed E-state index contributed by atoms with van der Waals surface area (Å²) >= 11 is 0. The van der Waals surface area contributed by atoms with Crippen LogP contribution in [-0.4, -0.2) is 27.4 Å². The second-order valence-corrected chi connectivity index (χ2v) is 14.6. The van der Waals surface area contributed by atoms with Gasteiger partial charge in [-0.1, -0.05) is 103 Å². The number of rotatable bonds is 8. The maximum atomic E-state index is 14.3. The molecule has 0 unspecified atom stereocenters. The Bertz CT molecular complexity index is 1890. The van der Waals surface area contributed by atoms with Gasteiger partial charge in [0, 0.05) is 12.0 Å². The lowest BCUT2D eigenvalue weighted by Crippen LogP contribution is -2.43. The average molecular weight is 595 g/mol. The van der Waals surface area contributed by atoms with Gasteiger partial charge in [-0.2, -0.15) is 0 Å². The highest BCUT2D eigenvalue weighted by Gasteiger charge is 2.56. The Morgan fingerprint density at radius 3 is 1.57 bits per heavy atom. The van der Waals surface area contributed by atoms with Crippen molar-refractivity contribution in [2.45, 2.75) is 26.2 Å². The Labute approximate surface area is 245 Å². The molecule has 0 aliphatic carbocycles. The van der Waals surface area contributed by atoms with Gasteiger partial charge in [-0.05, 0) is 53.1 Å². The second kappa shape index (κ2) is 10.7. The predicted molar refractivity (Wildman–Crippen MR) is 160 cm³/mol. The van der Waals surface area contributed by atoms with E-state index in [0.29, 0.717) is 11.1 Å². The number of sulfone groups is 2. The molecule has 0 amide bonds. The molecule has 5 aromatic carbocycles. The fraction of sp³-hybridized carbons (Fsp3) is 0.0882. The van der Waals surface area contributed by atoms with Crippen molar-refractivity contribution in [1.82, 2.24) is 0 Å². The molecule has 0 fully saturated rings. The molecule has 0 N–H and O–H groups in total. The van der Waals surface area contributed by atoms with Crippen LogP contribution >= 0.6 is 0 Å². The monoisotopic (exact) mass is 594 g/mol. The van der Waals surface area contributed by atoms with Crippen LogP contribution in [0.3, 0.4) is 0 Å². The molecule has 0 spiro atoms. The topological polar surface area (TPSA) is 94.6 Å². The number of hydrogen-bond donors (Lipinski definition) is 0. The summed E-state index contributed by atoms with van der Waals surface area (Å²) in [5.74, 6) is -0.470. The molecule has 1 aliphatic rings. The van der Waals surface area contributed by atoms with Gasteiger partial charge in [-0.25, -0.2) is 16.8 Å². The van der Waals surface area contributed by atoms with Crippen LogP contribution in [0.4, 0.5) is 0 Å². The van der Waals surface area contributed by atoms with Gasteiger partial charge in [-0.15, -0.1) is 0 Å². The molecule has 8 heteroatoms. The second-order valence-electron chi connectivity index (χ2n) is 10.1. The molecule has 6 nitrogen and oxygen atoms in total. The Hall–Kier alpha value is -4.53. The summed E-state index contributed by atoms with van der Waals surface area (Å²) in [4.78, 5) is 13.8. The number of carbonyl (C=O) groups is 1. The van der Waals surface area contributed by atoms with Crippen molar-refractivity contribution in [3.63, 3.8) is 0 Å². The van der Waals surface area contributed by atoms with Gasteiger partial charge in [0.25, 0.3) is 0 Å². The smallest absolute Gasteiger partial charge is 0.326 e. The first-order valence-electron chi connectivity index (χ1n) is 13.3.